The maximum atomic E-state index is 5.60. The average molecular weight is 267 g/mol. The minimum absolute atomic E-state index is 0.540. The van der Waals surface area contributed by atoms with Gasteiger partial charge >= 0.3 is 0 Å². The number of ether oxygens (including phenoxy) is 1. The van der Waals surface area contributed by atoms with E-state index in [1.165, 1.54) is 0 Å². The molecular formula is C13H15ClN2O2. The maximum Gasteiger partial charge on any atom is 0.226 e. The Morgan fingerprint density at radius 1 is 1.17 bits per heavy atom. The Balaban J connectivity index is 1.75. The van der Waals surface area contributed by atoms with Crippen LogP contribution in [0.25, 0.3) is 0 Å². The van der Waals surface area contributed by atoms with E-state index < -0.39 is 0 Å². The molecule has 4 nitrogen and oxygen atoms in total. The number of benzene rings is 1. The highest BCUT2D eigenvalue weighted by atomic mass is 35.5. The van der Waals surface area contributed by atoms with E-state index in [1.54, 1.807) is 0 Å². The van der Waals surface area contributed by atoms with Crippen molar-refractivity contribution < 1.29 is 9.26 Å². The molecule has 1 heterocycles. The van der Waals surface area contributed by atoms with Crippen LogP contribution in [-0.2, 0) is 12.8 Å². The van der Waals surface area contributed by atoms with Gasteiger partial charge in [-0.3, -0.25) is 0 Å². The Hall–Kier alpha value is -1.55. The number of nitrogens with zero attached hydrogens (tertiary/aromatic N) is 2. The summed E-state index contributed by atoms with van der Waals surface area (Å²) in [6, 6.07) is 9.67. The smallest absolute Gasteiger partial charge is 0.226 e. The van der Waals surface area contributed by atoms with Crippen molar-refractivity contribution in [3.63, 3.8) is 0 Å². The number of para-hydroxylation sites is 1. The van der Waals surface area contributed by atoms with E-state index in [2.05, 4.69) is 10.1 Å². The van der Waals surface area contributed by atoms with Crippen LogP contribution in [0.3, 0.4) is 0 Å². The van der Waals surface area contributed by atoms with Gasteiger partial charge in [-0.2, -0.15) is 4.98 Å². The normalized spacial score (nSPS) is 10.5. The van der Waals surface area contributed by atoms with Crippen LogP contribution in [0.1, 0.15) is 18.1 Å². The molecule has 0 aliphatic carbocycles. The van der Waals surface area contributed by atoms with E-state index in [0.717, 1.165) is 18.6 Å². The summed E-state index contributed by atoms with van der Waals surface area (Å²) in [6.45, 7) is 0.540. The molecule has 0 radical (unpaired) electrons. The Morgan fingerprint density at radius 2 is 2.00 bits per heavy atom. The van der Waals surface area contributed by atoms with Crippen LogP contribution in [0, 0.1) is 0 Å². The zero-order valence-electron chi connectivity index (χ0n) is 10.0. The molecule has 0 saturated heterocycles. The summed E-state index contributed by atoms with van der Waals surface area (Å²) in [6.07, 6.45) is 2.22. The lowest BCUT2D eigenvalue weighted by Crippen LogP contribution is -2.02. The predicted octanol–water partition coefficient (Wildman–Crippen LogP) is 2.86. The molecule has 0 saturated carbocycles. The number of alkyl halides is 1. The number of hydrogen-bond donors (Lipinski definition) is 0. The summed E-state index contributed by atoms with van der Waals surface area (Å²) in [4.78, 5) is 4.26. The Bertz CT molecular complexity index is 459. The van der Waals surface area contributed by atoms with E-state index in [0.29, 0.717) is 30.6 Å². The quantitative estimate of drug-likeness (QED) is 0.723. The van der Waals surface area contributed by atoms with Crippen molar-refractivity contribution in [3.05, 3.63) is 42.0 Å². The van der Waals surface area contributed by atoms with Crippen LogP contribution in [0.4, 0.5) is 0 Å². The van der Waals surface area contributed by atoms with Crippen LogP contribution in [-0.4, -0.2) is 22.6 Å². The van der Waals surface area contributed by atoms with E-state index in [4.69, 9.17) is 20.9 Å². The third kappa shape index (κ3) is 4.04. The van der Waals surface area contributed by atoms with Gasteiger partial charge in [0, 0.05) is 18.7 Å². The summed E-state index contributed by atoms with van der Waals surface area (Å²) in [5.41, 5.74) is 0. The van der Waals surface area contributed by atoms with Gasteiger partial charge in [0.15, 0.2) is 5.82 Å². The number of aromatic nitrogens is 2. The Labute approximate surface area is 111 Å². The van der Waals surface area contributed by atoms with Crippen molar-refractivity contribution in [3.8, 4) is 5.75 Å². The topological polar surface area (TPSA) is 48.2 Å². The van der Waals surface area contributed by atoms with Gasteiger partial charge in [-0.15, -0.1) is 11.6 Å². The number of rotatable bonds is 7. The fourth-order valence-corrected chi connectivity index (χ4v) is 1.62. The van der Waals surface area contributed by atoms with E-state index in [9.17, 15) is 0 Å². The zero-order chi connectivity index (χ0) is 12.6. The summed E-state index contributed by atoms with van der Waals surface area (Å²) in [5, 5.41) is 3.89. The summed E-state index contributed by atoms with van der Waals surface area (Å²) in [5.74, 6) is 2.78. The van der Waals surface area contributed by atoms with E-state index in [-0.39, 0.29) is 0 Å². The van der Waals surface area contributed by atoms with Crippen molar-refractivity contribution in [2.75, 3.05) is 12.5 Å². The summed E-state index contributed by atoms with van der Waals surface area (Å²) in [7, 11) is 0. The molecule has 5 heteroatoms. The van der Waals surface area contributed by atoms with E-state index >= 15 is 0 Å². The summed E-state index contributed by atoms with van der Waals surface area (Å²) >= 11 is 5.60. The number of aryl methyl sites for hydroxylation is 1. The molecule has 1 aromatic carbocycles. The molecule has 0 unspecified atom stereocenters. The van der Waals surface area contributed by atoms with Crippen molar-refractivity contribution in [2.24, 2.45) is 0 Å². The second-order valence-corrected chi connectivity index (χ2v) is 4.19. The van der Waals surface area contributed by atoms with Crippen molar-refractivity contribution in [1.82, 2.24) is 10.1 Å². The van der Waals surface area contributed by atoms with Crippen molar-refractivity contribution >= 4 is 11.6 Å². The highest BCUT2D eigenvalue weighted by Crippen LogP contribution is 2.09. The average Bonchev–Trinajstić information content (AvgIpc) is 2.85. The standard InChI is InChI=1S/C13H15ClN2O2/c14-9-4-7-13-15-12(16-18-13)8-10-17-11-5-2-1-3-6-11/h1-3,5-6H,4,7-10H2. The van der Waals surface area contributed by atoms with Crippen LogP contribution in [0.5, 0.6) is 5.75 Å². The molecule has 0 spiro atoms. The first-order chi connectivity index (χ1) is 8.88. The molecule has 0 aliphatic rings. The third-order valence-corrected chi connectivity index (χ3v) is 2.64. The van der Waals surface area contributed by atoms with Gasteiger partial charge in [0.25, 0.3) is 0 Å². The monoisotopic (exact) mass is 266 g/mol. The fourth-order valence-electron chi connectivity index (χ4n) is 1.49. The predicted molar refractivity (Wildman–Crippen MR) is 69.0 cm³/mol. The largest absolute Gasteiger partial charge is 0.493 e. The zero-order valence-corrected chi connectivity index (χ0v) is 10.8. The Morgan fingerprint density at radius 3 is 2.78 bits per heavy atom. The lowest BCUT2D eigenvalue weighted by atomic mass is 10.3. The SMILES string of the molecule is ClCCCc1nc(CCOc2ccccc2)no1. The lowest BCUT2D eigenvalue weighted by molar-refractivity contribution is 0.313. The molecule has 0 fully saturated rings. The van der Waals surface area contributed by atoms with Gasteiger partial charge in [0.05, 0.1) is 6.61 Å². The summed E-state index contributed by atoms with van der Waals surface area (Å²) < 4.78 is 10.7. The minimum atomic E-state index is 0.540. The fraction of sp³-hybridized carbons (Fsp3) is 0.385. The molecular weight excluding hydrogens is 252 g/mol. The van der Waals surface area contributed by atoms with E-state index in [1.807, 2.05) is 30.3 Å². The maximum absolute atomic E-state index is 5.60. The molecule has 2 rings (SSSR count). The molecule has 96 valence electrons. The second kappa shape index (κ2) is 7.01. The van der Waals surface area contributed by atoms with Crippen molar-refractivity contribution in [1.29, 1.82) is 0 Å². The van der Waals surface area contributed by atoms with Gasteiger partial charge in [-0.1, -0.05) is 23.4 Å². The van der Waals surface area contributed by atoms with Gasteiger partial charge in [0.2, 0.25) is 5.89 Å². The molecule has 0 atom stereocenters. The molecule has 0 N–H and O–H groups in total. The third-order valence-electron chi connectivity index (χ3n) is 2.37. The minimum Gasteiger partial charge on any atom is -0.493 e. The number of halogens is 1. The van der Waals surface area contributed by atoms with Gasteiger partial charge in [-0.25, -0.2) is 0 Å². The number of hydrogen-bond acceptors (Lipinski definition) is 4. The second-order valence-electron chi connectivity index (χ2n) is 3.81. The van der Waals surface area contributed by atoms with Gasteiger partial charge in [-0.05, 0) is 18.6 Å². The Kier molecular flexibility index (Phi) is 5.02. The molecule has 0 amide bonds. The van der Waals surface area contributed by atoms with Crippen LogP contribution < -0.4 is 4.74 Å². The van der Waals surface area contributed by atoms with Crippen LogP contribution in [0.15, 0.2) is 34.9 Å². The lowest BCUT2D eigenvalue weighted by Gasteiger charge is -2.02. The first-order valence-corrected chi connectivity index (χ1v) is 6.47. The van der Waals surface area contributed by atoms with Crippen LogP contribution >= 0.6 is 11.6 Å². The molecule has 1 aromatic heterocycles. The first-order valence-electron chi connectivity index (χ1n) is 5.94. The van der Waals surface area contributed by atoms with Gasteiger partial charge < -0.3 is 9.26 Å². The van der Waals surface area contributed by atoms with Gasteiger partial charge in [0.1, 0.15) is 5.75 Å². The molecule has 0 aliphatic heterocycles. The highest BCUT2D eigenvalue weighted by molar-refractivity contribution is 6.17. The van der Waals surface area contributed by atoms with Crippen LogP contribution in [0.2, 0.25) is 0 Å². The first kappa shape index (κ1) is 12.9. The molecule has 2 aromatic rings. The molecule has 0 bridgehead atoms. The molecule has 18 heavy (non-hydrogen) atoms. The van der Waals surface area contributed by atoms with Crippen molar-refractivity contribution in [2.45, 2.75) is 19.3 Å². The highest BCUT2D eigenvalue weighted by Gasteiger charge is 2.05.